The monoisotopic (exact) mass is 366 g/mol. The van der Waals surface area contributed by atoms with Crippen LogP contribution >= 0.6 is 0 Å². The Labute approximate surface area is 147 Å². The Bertz CT molecular complexity index is 728. The fraction of sp³-hybridized carbons (Fsp3) is 0.400. The van der Waals surface area contributed by atoms with Crippen LogP contribution in [0, 0.1) is 23.3 Å². The van der Waals surface area contributed by atoms with Gasteiger partial charge in [-0.1, -0.05) is 37.5 Å². The van der Waals surface area contributed by atoms with E-state index in [0.717, 1.165) is 25.0 Å². The van der Waals surface area contributed by atoms with E-state index in [1.54, 1.807) is 0 Å². The molecule has 2 aromatic rings. The van der Waals surface area contributed by atoms with Gasteiger partial charge in [-0.2, -0.15) is 0 Å². The molecule has 0 nitrogen and oxygen atoms in total. The SMILES string of the molecule is CCC[Si@H]1CC[C@H](c2cc(F)c(-c3ccc(F)c(F)c3)c(F)c2)CC1. The average molecular weight is 366 g/mol. The zero-order chi connectivity index (χ0) is 18.0. The minimum atomic E-state index is -1.11. The molecule has 134 valence electrons. The van der Waals surface area contributed by atoms with Gasteiger partial charge in [0, 0.05) is 8.80 Å². The van der Waals surface area contributed by atoms with Crippen molar-refractivity contribution in [3.05, 3.63) is 59.2 Å². The van der Waals surface area contributed by atoms with Crippen molar-refractivity contribution in [2.45, 2.75) is 50.2 Å². The second kappa shape index (κ2) is 7.73. The smallest absolute Gasteiger partial charge is 0.159 e. The summed E-state index contributed by atoms with van der Waals surface area (Å²) >= 11 is 0. The molecule has 0 saturated carbocycles. The molecule has 0 radical (unpaired) electrons. The van der Waals surface area contributed by atoms with E-state index < -0.39 is 32.1 Å². The molecule has 0 bridgehead atoms. The fourth-order valence-electron chi connectivity index (χ4n) is 3.95. The highest BCUT2D eigenvalue weighted by molar-refractivity contribution is 6.59. The lowest BCUT2D eigenvalue weighted by Gasteiger charge is -2.28. The van der Waals surface area contributed by atoms with Gasteiger partial charge in [-0.25, -0.2) is 17.6 Å². The Morgan fingerprint density at radius 2 is 1.52 bits per heavy atom. The van der Waals surface area contributed by atoms with Crippen LogP contribution in [0.3, 0.4) is 0 Å². The van der Waals surface area contributed by atoms with Crippen LogP contribution in [0.15, 0.2) is 30.3 Å². The van der Waals surface area contributed by atoms with Crippen LogP contribution in [-0.4, -0.2) is 8.80 Å². The van der Waals surface area contributed by atoms with Gasteiger partial charge in [0.2, 0.25) is 0 Å². The van der Waals surface area contributed by atoms with Gasteiger partial charge in [-0.05, 0) is 54.2 Å². The Balaban J connectivity index is 1.84. The zero-order valence-electron chi connectivity index (χ0n) is 14.3. The summed E-state index contributed by atoms with van der Waals surface area (Å²) in [6.45, 7) is 2.21. The summed E-state index contributed by atoms with van der Waals surface area (Å²) in [6.07, 6.45) is 3.23. The number of hydrogen-bond acceptors (Lipinski definition) is 0. The van der Waals surface area contributed by atoms with E-state index in [9.17, 15) is 17.6 Å². The summed E-state index contributed by atoms with van der Waals surface area (Å²) in [5.41, 5.74) is 0.404. The maximum absolute atomic E-state index is 14.5. The summed E-state index contributed by atoms with van der Waals surface area (Å²) in [5.74, 6) is -3.37. The molecular formula is C20H22F4Si. The van der Waals surface area contributed by atoms with E-state index in [-0.39, 0.29) is 17.0 Å². The molecule has 1 aliphatic rings. The van der Waals surface area contributed by atoms with Crippen molar-refractivity contribution in [2.24, 2.45) is 0 Å². The highest BCUT2D eigenvalue weighted by Crippen LogP contribution is 2.37. The number of rotatable bonds is 4. The van der Waals surface area contributed by atoms with Gasteiger partial charge < -0.3 is 0 Å². The van der Waals surface area contributed by atoms with E-state index in [1.807, 2.05) is 0 Å². The molecule has 25 heavy (non-hydrogen) atoms. The van der Waals surface area contributed by atoms with Crippen LogP contribution in [-0.2, 0) is 0 Å². The lowest BCUT2D eigenvalue weighted by molar-refractivity contribution is 0.508. The first-order chi connectivity index (χ1) is 12.0. The maximum atomic E-state index is 14.5. The maximum Gasteiger partial charge on any atom is 0.159 e. The minimum absolute atomic E-state index is 0.0134. The van der Waals surface area contributed by atoms with Crippen molar-refractivity contribution in [1.29, 1.82) is 0 Å². The van der Waals surface area contributed by atoms with Crippen molar-refractivity contribution in [1.82, 2.24) is 0 Å². The number of hydrogen-bond donors (Lipinski definition) is 0. The minimum Gasteiger partial charge on any atom is -0.206 e. The highest BCUT2D eigenvalue weighted by atomic mass is 28.3. The van der Waals surface area contributed by atoms with Crippen LogP contribution in [0.25, 0.3) is 11.1 Å². The van der Waals surface area contributed by atoms with Crippen molar-refractivity contribution in [2.75, 3.05) is 0 Å². The Morgan fingerprint density at radius 3 is 2.08 bits per heavy atom. The fourth-order valence-corrected chi connectivity index (χ4v) is 7.38. The molecule has 0 atom stereocenters. The number of halogens is 4. The molecule has 3 rings (SSSR count). The van der Waals surface area contributed by atoms with Crippen molar-refractivity contribution >= 4 is 8.80 Å². The molecular weight excluding hydrogens is 344 g/mol. The normalized spacial score (nSPS) is 20.7. The van der Waals surface area contributed by atoms with Crippen LogP contribution in [0.2, 0.25) is 18.1 Å². The lowest BCUT2D eigenvalue weighted by atomic mass is 9.91. The van der Waals surface area contributed by atoms with Crippen LogP contribution in [0.5, 0.6) is 0 Å². The molecule has 5 heteroatoms. The van der Waals surface area contributed by atoms with Gasteiger partial charge in [-0.3, -0.25) is 0 Å². The number of benzene rings is 2. The highest BCUT2D eigenvalue weighted by Gasteiger charge is 2.25. The van der Waals surface area contributed by atoms with Gasteiger partial charge in [-0.15, -0.1) is 0 Å². The third-order valence-corrected chi connectivity index (χ3v) is 8.98. The van der Waals surface area contributed by atoms with Gasteiger partial charge in [0.15, 0.2) is 11.6 Å². The standard InChI is InChI=1S/C20H22F4Si/c1-2-7-25-8-5-13(6-9-25)15-11-18(23)20(19(24)12-15)14-3-4-16(21)17(22)10-14/h3-4,10-13,25H,2,5-9H2,1H3/t13-,25-. The van der Waals surface area contributed by atoms with Gasteiger partial charge in [0.1, 0.15) is 11.6 Å². The summed E-state index contributed by atoms with van der Waals surface area (Å²) in [7, 11) is -0.647. The van der Waals surface area contributed by atoms with Crippen LogP contribution in [0.4, 0.5) is 17.6 Å². The van der Waals surface area contributed by atoms with E-state index in [0.29, 0.717) is 5.56 Å². The summed E-state index contributed by atoms with van der Waals surface area (Å²) < 4.78 is 55.5. The molecule has 1 heterocycles. The molecule has 0 amide bonds. The Hall–Kier alpha value is -1.62. The molecule has 0 spiro atoms. The molecule has 0 aromatic heterocycles. The first-order valence-electron chi connectivity index (χ1n) is 8.94. The summed E-state index contributed by atoms with van der Waals surface area (Å²) in [4.78, 5) is 0. The third kappa shape index (κ3) is 3.97. The molecule has 2 aromatic carbocycles. The van der Waals surface area contributed by atoms with Crippen molar-refractivity contribution in [3.8, 4) is 11.1 Å². The second-order valence-corrected chi connectivity index (χ2v) is 10.5. The van der Waals surface area contributed by atoms with Crippen LogP contribution < -0.4 is 0 Å². The van der Waals surface area contributed by atoms with E-state index in [2.05, 4.69) is 6.92 Å². The van der Waals surface area contributed by atoms with E-state index in [4.69, 9.17) is 0 Å². The first kappa shape index (κ1) is 18.2. The van der Waals surface area contributed by atoms with Gasteiger partial charge >= 0.3 is 0 Å². The van der Waals surface area contributed by atoms with E-state index in [1.165, 1.54) is 42.8 Å². The van der Waals surface area contributed by atoms with Gasteiger partial charge in [0.25, 0.3) is 0 Å². The topological polar surface area (TPSA) is 0 Å². The largest absolute Gasteiger partial charge is 0.206 e. The van der Waals surface area contributed by atoms with Crippen LogP contribution in [0.1, 0.15) is 37.7 Å². The first-order valence-corrected chi connectivity index (χ1v) is 11.4. The molecule has 1 fully saturated rings. The lowest BCUT2D eigenvalue weighted by Crippen LogP contribution is -2.20. The zero-order valence-corrected chi connectivity index (χ0v) is 15.5. The predicted molar refractivity (Wildman–Crippen MR) is 95.5 cm³/mol. The molecule has 0 N–H and O–H groups in total. The molecule has 1 aliphatic heterocycles. The quantitative estimate of drug-likeness (QED) is 0.432. The van der Waals surface area contributed by atoms with Gasteiger partial charge in [0.05, 0.1) is 5.56 Å². The predicted octanol–water partition coefficient (Wildman–Crippen LogP) is 6.42. The Morgan fingerprint density at radius 1 is 0.880 bits per heavy atom. The average Bonchev–Trinajstić information content (AvgIpc) is 2.58. The molecule has 0 aliphatic carbocycles. The second-order valence-electron chi connectivity index (χ2n) is 6.99. The molecule has 0 unspecified atom stereocenters. The Kier molecular flexibility index (Phi) is 5.62. The summed E-state index contributed by atoms with van der Waals surface area (Å²) in [6, 6.07) is 9.46. The van der Waals surface area contributed by atoms with E-state index >= 15 is 0 Å². The van der Waals surface area contributed by atoms with Crippen molar-refractivity contribution < 1.29 is 17.6 Å². The third-order valence-electron chi connectivity index (χ3n) is 5.29. The molecule has 1 saturated heterocycles. The summed E-state index contributed by atoms with van der Waals surface area (Å²) in [5, 5.41) is 0. The van der Waals surface area contributed by atoms with Crippen molar-refractivity contribution in [3.63, 3.8) is 0 Å².